The Balaban J connectivity index is 0.00000242. The molecule has 0 aliphatic heterocycles. The third kappa shape index (κ3) is 4.10. The molecule has 0 N–H and O–H groups in total. The van der Waals surface area contributed by atoms with Crippen LogP contribution < -0.4 is 32.2 Å². The average molecular weight is 402 g/mol. The molecule has 0 spiro atoms. The second-order valence-corrected chi connectivity index (χ2v) is 9.54. The van der Waals surface area contributed by atoms with Crippen LogP contribution in [0.2, 0.25) is 6.55 Å². The summed E-state index contributed by atoms with van der Waals surface area (Å²) in [6.45, 7) is 14.6. The predicted octanol–water partition coefficient (Wildman–Crippen LogP) is -0.790. The van der Waals surface area contributed by atoms with Crippen LogP contribution in [0, 0.1) is 41.5 Å². The summed E-state index contributed by atoms with van der Waals surface area (Å²) in [6.07, 6.45) is 0. The van der Waals surface area contributed by atoms with Gasteiger partial charge in [-0.1, -0.05) is 41.2 Å². The molecule has 1 nitrogen and oxygen atoms in total. The summed E-state index contributed by atoms with van der Waals surface area (Å²) in [5, 5.41) is 2.05. The smallest absolute Gasteiger partial charge is 1.00 e. The Hall–Kier alpha value is -0.137. The van der Waals surface area contributed by atoms with Crippen LogP contribution in [-0.4, -0.2) is 31.4 Å². The number of benzene rings is 2. The maximum Gasteiger partial charge on any atom is 2.00 e. The monoisotopic (exact) mass is 400 g/mol. The SMILES string of the molecule is Cc1ccc([Si](C)([O-])c2ccc(C)c(C)c2C)c(C)c1C.[Br-].[Mg+2]. The van der Waals surface area contributed by atoms with Gasteiger partial charge in [-0.3, -0.25) is 0 Å². The Kier molecular flexibility index (Phi) is 8.25. The molecule has 2 aromatic carbocycles. The third-order valence-corrected chi connectivity index (χ3v) is 8.28. The van der Waals surface area contributed by atoms with E-state index in [1.807, 2.05) is 6.55 Å². The van der Waals surface area contributed by atoms with Crippen molar-refractivity contribution in [2.75, 3.05) is 0 Å². The first-order valence-corrected chi connectivity index (χ1v) is 9.93. The van der Waals surface area contributed by atoms with Gasteiger partial charge in [0.05, 0.1) is 0 Å². The van der Waals surface area contributed by atoms with Gasteiger partial charge in [0, 0.05) is 8.32 Å². The molecule has 0 heterocycles. The Labute approximate surface area is 168 Å². The maximum atomic E-state index is 13.6. The van der Waals surface area contributed by atoms with Crippen molar-refractivity contribution >= 4 is 41.7 Å². The van der Waals surface area contributed by atoms with Gasteiger partial charge in [0.1, 0.15) is 0 Å². The summed E-state index contributed by atoms with van der Waals surface area (Å²) in [5.74, 6) is 0. The van der Waals surface area contributed by atoms with Gasteiger partial charge in [0.2, 0.25) is 0 Å². The van der Waals surface area contributed by atoms with E-state index in [2.05, 4.69) is 65.8 Å². The van der Waals surface area contributed by atoms with E-state index >= 15 is 0 Å². The fourth-order valence-electron chi connectivity index (χ4n) is 3.09. The molecule has 4 heteroatoms. The van der Waals surface area contributed by atoms with E-state index in [0.29, 0.717) is 0 Å². The standard InChI is InChI=1S/C19H25OSi.BrH.Mg/c1-12-8-10-18(16(5)14(12)3)21(7,20)19-11-9-13(2)15(4)17(19)6;;/h8-11H,1-7H3;1H;/q-1;;+2/p-1. The van der Waals surface area contributed by atoms with Crippen molar-refractivity contribution < 1.29 is 21.8 Å². The molecule has 0 unspecified atom stereocenters. The molecular weight excluding hydrogens is 377 g/mol. The van der Waals surface area contributed by atoms with Crippen LogP contribution in [-0.2, 0) is 0 Å². The molecule has 0 fully saturated rings. The second kappa shape index (κ2) is 8.30. The number of hydrogen-bond acceptors (Lipinski definition) is 1. The van der Waals surface area contributed by atoms with Crippen LogP contribution in [0.5, 0.6) is 0 Å². The minimum atomic E-state index is -2.90. The zero-order chi connectivity index (χ0) is 15.9. The van der Waals surface area contributed by atoms with Gasteiger partial charge >= 0.3 is 23.1 Å². The van der Waals surface area contributed by atoms with Crippen molar-refractivity contribution in [2.24, 2.45) is 0 Å². The molecular formula is C19H25BrMgOSi. The summed E-state index contributed by atoms with van der Waals surface area (Å²) in [5.41, 5.74) is 7.39. The van der Waals surface area contributed by atoms with Gasteiger partial charge < -0.3 is 21.8 Å². The zero-order valence-electron chi connectivity index (χ0n) is 15.3. The quantitative estimate of drug-likeness (QED) is 0.605. The van der Waals surface area contributed by atoms with Crippen LogP contribution in [0.3, 0.4) is 0 Å². The molecule has 0 aliphatic carbocycles. The van der Waals surface area contributed by atoms with Crippen molar-refractivity contribution in [3.63, 3.8) is 0 Å². The van der Waals surface area contributed by atoms with Crippen LogP contribution in [0.4, 0.5) is 0 Å². The summed E-state index contributed by atoms with van der Waals surface area (Å²) in [7, 11) is -2.90. The Bertz CT molecular complexity index is 652. The Morgan fingerprint density at radius 3 is 1.26 bits per heavy atom. The molecule has 0 saturated heterocycles. The Morgan fingerprint density at radius 2 is 0.957 bits per heavy atom. The van der Waals surface area contributed by atoms with E-state index in [0.717, 1.165) is 10.4 Å². The van der Waals surface area contributed by atoms with Crippen LogP contribution in [0.1, 0.15) is 33.4 Å². The third-order valence-electron chi connectivity index (χ3n) is 5.14. The molecule has 2 aromatic rings. The minimum absolute atomic E-state index is 0. The molecule has 0 amide bonds. The fraction of sp³-hybridized carbons (Fsp3) is 0.368. The molecule has 0 saturated carbocycles. The van der Waals surface area contributed by atoms with Crippen LogP contribution >= 0.6 is 0 Å². The van der Waals surface area contributed by atoms with Crippen molar-refractivity contribution in [1.82, 2.24) is 0 Å². The second-order valence-electron chi connectivity index (χ2n) is 6.39. The van der Waals surface area contributed by atoms with Gasteiger partial charge in [0.25, 0.3) is 0 Å². The van der Waals surface area contributed by atoms with Crippen LogP contribution in [0.25, 0.3) is 0 Å². The topological polar surface area (TPSA) is 23.1 Å². The van der Waals surface area contributed by atoms with E-state index < -0.39 is 8.32 Å². The first-order chi connectivity index (χ1) is 9.67. The van der Waals surface area contributed by atoms with Gasteiger partial charge in [-0.05, 0) is 74.9 Å². The van der Waals surface area contributed by atoms with E-state index in [1.165, 1.54) is 33.4 Å². The van der Waals surface area contributed by atoms with E-state index in [9.17, 15) is 4.80 Å². The van der Waals surface area contributed by atoms with Crippen LogP contribution in [0.15, 0.2) is 24.3 Å². The minimum Gasteiger partial charge on any atom is -1.00 e. The summed E-state index contributed by atoms with van der Waals surface area (Å²) in [4.78, 5) is 13.6. The van der Waals surface area contributed by atoms with Gasteiger partial charge in [-0.25, -0.2) is 0 Å². The summed E-state index contributed by atoms with van der Waals surface area (Å²) < 4.78 is 0. The number of aryl methyl sites for hydroxylation is 2. The first-order valence-electron chi connectivity index (χ1n) is 7.53. The number of hydrogen-bond donors (Lipinski definition) is 0. The first kappa shape index (κ1) is 22.9. The Morgan fingerprint density at radius 1 is 0.652 bits per heavy atom. The van der Waals surface area contributed by atoms with E-state index in [4.69, 9.17) is 0 Å². The number of halogens is 1. The summed E-state index contributed by atoms with van der Waals surface area (Å²) >= 11 is 0. The summed E-state index contributed by atoms with van der Waals surface area (Å²) in [6, 6.07) is 8.31. The molecule has 120 valence electrons. The molecule has 0 bridgehead atoms. The average Bonchev–Trinajstić information content (AvgIpc) is 2.41. The molecule has 0 radical (unpaired) electrons. The molecule has 23 heavy (non-hydrogen) atoms. The predicted molar refractivity (Wildman–Crippen MR) is 97.9 cm³/mol. The zero-order valence-corrected chi connectivity index (χ0v) is 19.3. The van der Waals surface area contributed by atoms with Crippen molar-refractivity contribution in [1.29, 1.82) is 0 Å². The molecule has 2 rings (SSSR count). The largest absolute Gasteiger partial charge is 2.00 e. The molecule has 0 aliphatic rings. The van der Waals surface area contributed by atoms with Gasteiger partial charge in [-0.15, -0.1) is 0 Å². The molecule has 0 atom stereocenters. The van der Waals surface area contributed by atoms with Crippen molar-refractivity contribution in [3.8, 4) is 0 Å². The van der Waals surface area contributed by atoms with Crippen molar-refractivity contribution in [2.45, 2.75) is 48.1 Å². The van der Waals surface area contributed by atoms with Gasteiger partial charge in [0.15, 0.2) is 0 Å². The maximum absolute atomic E-state index is 13.6. The van der Waals surface area contributed by atoms with Crippen molar-refractivity contribution in [3.05, 3.63) is 57.6 Å². The number of rotatable bonds is 2. The molecule has 0 aromatic heterocycles. The van der Waals surface area contributed by atoms with E-state index in [1.54, 1.807) is 0 Å². The van der Waals surface area contributed by atoms with Gasteiger partial charge in [-0.2, -0.15) is 0 Å². The van der Waals surface area contributed by atoms with E-state index in [-0.39, 0.29) is 40.0 Å². The fourth-order valence-corrected chi connectivity index (χ4v) is 5.99. The normalized spacial score (nSPS) is 10.8.